The Bertz CT molecular complexity index is 825. The zero-order valence-corrected chi connectivity index (χ0v) is 16.1. The Morgan fingerprint density at radius 1 is 1.46 bits per heavy atom. The van der Waals surface area contributed by atoms with E-state index in [1.165, 1.54) is 6.20 Å². The van der Waals surface area contributed by atoms with Gasteiger partial charge in [0.1, 0.15) is 5.82 Å². The predicted octanol–water partition coefficient (Wildman–Crippen LogP) is 4.74. The van der Waals surface area contributed by atoms with Crippen molar-refractivity contribution in [1.82, 2.24) is 9.88 Å². The number of halogens is 3. The van der Waals surface area contributed by atoms with E-state index in [0.29, 0.717) is 23.3 Å². The predicted molar refractivity (Wildman–Crippen MR) is 104 cm³/mol. The molecule has 1 saturated carbocycles. The molecule has 0 radical (unpaired) electrons. The van der Waals surface area contributed by atoms with Crippen LogP contribution >= 0.6 is 0 Å². The third-order valence-electron chi connectivity index (χ3n) is 5.54. The minimum Gasteiger partial charge on any atom is -0.387 e. The molecule has 4 nitrogen and oxygen atoms in total. The Labute approximate surface area is 163 Å². The number of rotatable bonds is 7. The molecule has 0 aliphatic heterocycles. The van der Waals surface area contributed by atoms with Crippen molar-refractivity contribution in [2.45, 2.75) is 57.9 Å². The van der Waals surface area contributed by atoms with E-state index in [9.17, 15) is 18.3 Å². The first-order valence-corrected chi connectivity index (χ1v) is 9.49. The van der Waals surface area contributed by atoms with Crippen LogP contribution in [0.1, 0.15) is 50.7 Å². The molecule has 2 unspecified atom stereocenters. The number of hydrogen-bond acceptors (Lipinski definition) is 4. The maximum Gasteiger partial charge on any atom is 0.419 e. The van der Waals surface area contributed by atoms with Crippen molar-refractivity contribution in [3.8, 4) is 0 Å². The first kappa shape index (κ1) is 20.5. The fourth-order valence-corrected chi connectivity index (χ4v) is 3.42. The number of hydrogen-bond donors (Lipinski definition) is 2. The highest BCUT2D eigenvalue weighted by Gasteiger charge is 2.37. The fraction of sp³-hybridized carbons (Fsp3) is 0.476. The van der Waals surface area contributed by atoms with Gasteiger partial charge < -0.3 is 15.7 Å². The summed E-state index contributed by atoms with van der Waals surface area (Å²) in [7, 11) is 0. The van der Waals surface area contributed by atoms with Gasteiger partial charge in [-0.15, -0.1) is 0 Å². The second kappa shape index (κ2) is 7.62. The van der Waals surface area contributed by atoms with Crippen LogP contribution in [0.5, 0.6) is 0 Å². The van der Waals surface area contributed by atoms with E-state index in [1.54, 1.807) is 0 Å². The topological polar surface area (TPSA) is 62.4 Å². The number of nitrogen functional groups attached to an aromatic ring is 1. The quantitative estimate of drug-likeness (QED) is 0.657. The number of pyridine rings is 1. The second-order valence-electron chi connectivity index (χ2n) is 7.54. The van der Waals surface area contributed by atoms with Crippen LogP contribution in [0.4, 0.5) is 19.0 Å². The number of aliphatic hydroxyl groups excluding tert-OH is 1. The van der Waals surface area contributed by atoms with Crippen molar-refractivity contribution in [2.24, 2.45) is 5.92 Å². The van der Waals surface area contributed by atoms with Crippen LogP contribution in [-0.2, 0) is 6.18 Å². The molecule has 1 heterocycles. The lowest BCUT2D eigenvalue weighted by atomic mass is 9.90. The van der Waals surface area contributed by atoms with Crippen LogP contribution < -0.4 is 5.73 Å². The molecule has 2 aliphatic carbocycles. The number of alkyl halides is 3. The van der Waals surface area contributed by atoms with Crippen molar-refractivity contribution in [3.63, 3.8) is 0 Å². The summed E-state index contributed by atoms with van der Waals surface area (Å²) < 4.78 is 39.7. The second-order valence-corrected chi connectivity index (χ2v) is 7.54. The first-order chi connectivity index (χ1) is 13.1. The summed E-state index contributed by atoms with van der Waals surface area (Å²) in [4.78, 5) is 5.67. The Balaban J connectivity index is 1.97. The Hall–Kier alpha value is -2.28. The molecule has 2 aliphatic rings. The summed E-state index contributed by atoms with van der Waals surface area (Å²) in [5, 5.41) is 10.6. The summed E-state index contributed by atoms with van der Waals surface area (Å²) >= 11 is 0. The van der Waals surface area contributed by atoms with E-state index < -0.39 is 23.7 Å². The third kappa shape index (κ3) is 4.09. The van der Waals surface area contributed by atoms with Crippen LogP contribution in [-0.4, -0.2) is 27.1 Å². The normalized spacial score (nSPS) is 21.0. The summed E-state index contributed by atoms with van der Waals surface area (Å²) in [6.07, 6.45) is 3.31. The highest BCUT2D eigenvalue weighted by atomic mass is 19.4. The summed E-state index contributed by atoms with van der Waals surface area (Å²) in [6.45, 7) is 7.97. The lowest BCUT2D eigenvalue weighted by Crippen LogP contribution is -2.39. The zero-order valence-electron chi connectivity index (χ0n) is 16.1. The van der Waals surface area contributed by atoms with Gasteiger partial charge in [-0.2, -0.15) is 13.2 Å². The molecule has 0 spiro atoms. The smallest absolute Gasteiger partial charge is 0.387 e. The van der Waals surface area contributed by atoms with Crippen LogP contribution in [0.2, 0.25) is 0 Å². The highest BCUT2D eigenvalue weighted by molar-refractivity contribution is 5.67. The van der Waals surface area contributed by atoms with E-state index in [4.69, 9.17) is 5.73 Å². The van der Waals surface area contributed by atoms with Crippen molar-refractivity contribution in [1.29, 1.82) is 0 Å². The van der Waals surface area contributed by atoms with E-state index in [1.807, 2.05) is 24.9 Å². The van der Waals surface area contributed by atoms with Crippen molar-refractivity contribution in [2.75, 3.05) is 5.73 Å². The minimum absolute atomic E-state index is 0.0614. The number of allylic oxidation sites excluding steroid dienone is 1. The molecule has 152 valence electrons. The summed E-state index contributed by atoms with van der Waals surface area (Å²) in [5.74, 6) is -0.317. The van der Waals surface area contributed by atoms with Gasteiger partial charge in [-0.3, -0.25) is 0 Å². The van der Waals surface area contributed by atoms with E-state index in [0.717, 1.165) is 30.9 Å². The van der Waals surface area contributed by atoms with Gasteiger partial charge >= 0.3 is 6.18 Å². The summed E-state index contributed by atoms with van der Waals surface area (Å²) in [5.41, 5.74) is 7.28. The molecule has 1 fully saturated rings. The molecule has 3 rings (SSSR count). The molecule has 3 N–H and O–H groups in total. The maximum atomic E-state index is 13.2. The molecule has 28 heavy (non-hydrogen) atoms. The lowest BCUT2D eigenvalue weighted by molar-refractivity contribution is -0.137. The molecule has 0 saturated heterocycles. The molecule has 0 aromatic carbocycles. The van der Waals surface area contributed by atoms with Gasteiger partial charge in [0.25, 0.3) is 0 Å². The molecule has 0 bridgehead atoms. The zero-order chi connectivity index (χ0) is 20.6. The fourth-order valence-electron chi connectivity index (χ4n) is 3.42. The average molecular weight is 393 g/mol. The van der Waals surface area contributed by atoms with Gasteiger partial charge in [0.2, 0.25) is 0 Å². The van der Waals surface area contributed by atoms with Crippen molar-refractivity contribution >= 4 is 11.4 Å². The number of nitrogens with zero attached hydrogens (tertiary/aromatic N) is 2. The largest absolute Gasteiger partial charge is 0.419 e. The van der Waals surface area contributed by atoms with Gasteiger partial charge in [-0.1, -0.05) is 25.2 Å². The summed E-state index contributed by atoms with van der Waals surface area (Å²) in [6, 6.07) is 1.10. The number of nitrogens with two attached hydrogens (primary N) is 1. The van der Waals surface area contributed by atoms with Gasteiger partial charge in [-0.25, -0.2) is 4.98 Å². The Morgan fingerprint density at radius 3 is 2.61 bits per heavy atom. The third-order valence-corrected chi connectivity index (χ3v) is 5.54. The molecule has 2 atom stereocenters. The molecule has 0 amide bonds. The van der Waals surface area contributed by atoms with Crippen LogP contribution in [0.15, 0.2) is 42.4 Å². The van der Waals surface area contributed by atoms with Crippen LogP contribution in [0, 0.1) is 5.92 Å². The average Bonchev–Trinajstić information content (AvgIpc) is 3.47. The highest BCUT2D eigenvalue weighted by Crippen LogP contribution is 2.40. The Morgan fingerprint density at radius 2 is 2.14 bits per heavy atom. The number of aliphatic hydroxyl groups is 1. The van der Waals surface area contributed by atoms with E-state index in [2.05, 4.69) is 17.6 Å². The van der Waals surface area contributed by atoms with Crippen LogP contribution in [0.25, 0.3) is 5.57 Å². The number of aromatic nitrogens is 1. The van der Waals surface area contributed by atoms with Gasteiger partial charge in [0.15, 0.2) is 0 Å². The SMILES string of the molecule is C=C(C(O)C1CC1)N(/C=C(\CC)c1cnc(N)c(C(F)(F)F)c1)C1CC=C1C. The molecular weight excluding hydrogens is 367 g/mol. The van der Waals surface area contributed by atoms with Gasteiger partial charge in [-0.05, 0) is 55.7 Å². The lowest BCUT2D eigenvalue weighted by Gasteiger charge is -2.39. The first-order valence-electron chi connectivity index (χ1n) is 9.49. The molecular formula is C21H26F3N3O. The number of anilines is 1. The maximum absolute atomic E-state index is 13.2. The van der Waals surface area contributed by atoms with Gasteiger partial charge in [0.05, 0.1) is 17.7 Å². The molecule has 1 aromatic rings. The molecule has 1 aromatic heterocycles. The minimum atomic E-state index is -4.56. The Kier molecular flexibility index (Phi) is 5.57. The van der Waals surface area contributed by atoms with Crippen molar-refractivity contribution in [3.05, 3.63) is 53.5 Å². The van der Waals surface area contributed by atoms with Gasteiger partial charge in [0, 0.05) is 18.1 Å². The molecule has 7 heteroatoms. The van der Waals surface area contributed by atoms with E-state index >= 15 is 0 Å². The standard InChI is InChI=1S/C21H26F3N3O/c1-4-14(16-9-17(21(22,23)24)20(25)26-10-16)11-27(18-8-5-12(18)2)13(3)19(28)15-6-7-15/h5,9-11,15,18-19,28H,3-4,6-8H2,1-2H3,(H2,25,26)/b14-11+. The van der Waals surface area contributed by atoms with Crippen molar-refractivity contribution < 1.29 is 18.3 Å². The van der Waals surface area contributed by atoms with Crippen LogP contribution in [0.3, 0.4) is 0 Å². The monoisotopic (exact) mass is 393 g/mol. The van der Waals surface area contributed by atoms with E-state index in [-0.39, 0.29) is 12.0 Å².